The highest BCUT2D eigenvalue weighted by atomic mass is 16.5. The monoisotopic (exact) mass is 221 g/mol. The SMILES string of the molecule is COC(c1c(C)c(C)cc(C)c1C)N(C)C. The third-order valence-electron chi connectivity index (χ3n) is 3.36. The van der Waals surface area contributed by atoms with Crippen molar-refractivity contribution in [3.8, 4) is 0 Å². The molecule has 0 spiro atoms. The Bertz CT molecular complexity index is 357. The van der Waals surface area contributed by atoms with Crippen LogP contribution in [0, 0.1) is 27.7 Å². The molecule has 2 nitrogen and oxygen atoms in total. The molecule has 16 heavy (non-hydrogen) atoms. The van der Waals surface area contributed by atoms with Crippen LogP contribution in [0.25, 0.3) is 0 Å². The van der Waals surface area contributed by atoms with Gasteiger partial charge in [-0.3, -0.25) is 4.90 Å². The van der Waals surface area contributed by atoms with Gasteiger partial charge in [-0.25, -0.2) is 0 Å². The van der Waals surface area contributed by atoms with Gasteiger partial charge < -0.3 is 4.74 Å². The van der Waals surface area contributed by atoms with Gasteiger partial charge in [-0.2, -0.15) is 0 Å². The lowest BCUT2D eigenvalue weighted by atomic mass is 9.93. The number of nitrogens with zero attached hydrogens (tertiary/aromatic N) is 1. The van der Waals surface area contributed by atoms with Crippen LogP contribution < -0.4 is 0 Å². The Morgan fingerprint density at radius 1 is 1.00 bits per heavy atom. The molecule has 2 heteroatoms. The summed E-state index contributed by atoms with van der Waals surface area (Å²) in [7, 11) is 5.86. The van der Waals surface area contributed by atoms with Crippen molar-refractivity contribution in [2.24, 2.45) is 0 Å². The van der Waals surface area contributed by atoms with Crippen LogP contribution in [0.3, 0.4) is 0 Å². The molecule has 1 rings (SSSR count). The molecule has 1 unspecified atom stereocenters. The molecule has 0 saturated heterocycles. The summed E-state index contributed by atoms with van der Waals surface area (Å²) in [4.78, 5) is 2.11. The third kappa shape index (κ3) is 2.28. The Morgan fingerprint density at radius 2 is 1.44 bits per heavy atom. The van der Waals surface area contributed by atoms with E-state index < -0.39 is 0 Å². The zero-order valence-corrected chi connectivity index (χ0v) is 11.5. The standard InChI is InChI=1S/C14H23NO/c1-9-8-10(2)12(4)13(11(9)3)14(16-7)15(5)6/h8,14H,1-7H3. The summed E-state index contributed by atoms with van der Waals surface area (Å²) < 4.78 is 5.60. The van der Waals surface area contributed by atoms with Crippen LogP contribution in [0.5, 0.6) is 0 Å². The first-order valence-electron chi connectivity index (χ1n) is 5.66. The van der Waals surface area contributed by atoms with E-state index in [4.69, 9.17) is 4.74 Å². The largest absolute Gasteiger partial charge is 0.362 e. The molecule has 0 N–H and O–H groups in total. The molecule has 0 aromatic heterocycles. The predicted octanol–water partition coefficient (Wildman–Crippen LogP) is 3.13. The number of hydrogen-bond donors (Lipinski definition) is 0. The van der Waals surface area contributed by atoms with Crippen molar-refractivity contribution in [2.75, 3.05) is 21.2 Å². The fourth-order valence-corrected chi connectivity index (χ4v) is 2.20. The highest BCUT2D eigenvalue weighted by Crippen LogP contribution is 2.30. The second kappa shape index (κ2) is 4.98. The first-order valence-corrected chi connectivity index (χ1v) is 5.66. The van der Waals surface area contributed by atoms with Crippen molar-refractivity contribution in [1.29, 1.82) is 0 Å². The number of hydrogen-bond acceptors (Lipinski definition) is 2. The summed E-state index contributed by atoms with van der Waals surface area (Å²) in [5.74, 6) is 0. The van der Waals surface area contributed by atoms with Crippen LogP contribution in [0.15, 0.2) is 6.07 Å². The molecule has 0 aliphatic heterocycles. The summed E-state index contributed by atoms with van der Waals surface area (Å²) in [5, 5.41) is 0. The van der Waals surface area contributed by atoms with Crippen molar-refractivity contribution >= 4 is 0 Å². The van der Waals surface area contributed by atoms with Gasteiger partial charge >= 0.3 is 0 Å². The Hall–Kier alpha value is -0.860. The molecule has 0 radical (unpaired) electrons. The van der Waals surface area contributed by atoms with Gasteiger partial charge in [0, 0.05) is 12.7 Å². The first-order chi connectivity index (χ1) is 7.40. The van der Waals surface area contributed by atoms with Crippen LogP contribution in [0.4, 0.5) is 0 Å². The number of rotatable bonds is 3. The van der Waals surface area contributed by atoms with Gasteiger partial charge in [0.25, 0.3) is 0 Å². The molecule has 0 fully saturated rings. The topological polar surface area (TPSA) is 12.5 Å². The average Bonchev–Trinajstić information content (AvgIpc) is 2.21. The fourth-order valence-electron chi connectivity index (χ4n) is 2.20. The highest BCUT2D eigenvalue weighted by molar-refractivity contribution is 5.45. The van der Waals surface area contributed by atoms with Crippen molar-refractivity contribution in [3.63, 3.8) is 0 Å². The summed E-state index contributed by atoms with van der Waals surface area (Å²) in [6, 6.07) is 2.25. The summed E-state index contributed by atoms with van der Waals surface area (Å²) >= 11 is 0. The van der Waals surface area contributed by atoms with Crippen molar-refractivity contribution in [3.05, 3.63) is 33.9 Å². The zero-order valence-electron chi connectivity index (χ0n) is 11.5. The normalized spacial score (nSPS) is 13.2. The van der Waals surface area contributed by atoms with E-state index in [2.05, 4.69) is 38.7 Å². The number of aryl methyl sites for hydroxylation is 2. The fraction of sp³-hybridized carbons (Fsp3) is 0.571. The van der Waals surface area contributed by atoms with E-state index >= 15 is 0 Å². The van der Waals surface area contributed by atoms with Gasteiger partial charge in [-0.15, -0.1) is 0 Å². The zero-order chi connectivity index (χ0) is 12.5. The molecular weight excluding hydrogens is 198 g/mol. The number of methoxy groups -OCH3 is 1. The average molecular weight is 221 g/mol. The molecule has 0 heterocycles. The molecule has 1 aromatic carbocycles. The van der Waals surface area contributed by atoms with E-state index in [1.165, 1.54) is 27.8 Å². The lowest BCUT2D eigenvalue weighted by molar-refractivity contribution is -0.00637. The Morgan fingerprint density at radius 3 is 1.75 bits per heavy atom. The second-order valence-electron chi connectivity index (χ2n) is 4.73. The maximum absolute atomic E-state index is 5.60. The number of ether oxygens (including phenoxy) is 1. The van der Waals surface area contributed by atoms with E-state index in [1.54, 1.807) is 7.11 Å². The second-order valence-corrected chi connectivity index (χ2v) is 4.73. The molecule has 1 aromatic rings. The van der Waals surface area contributed by atoms with E-state index in [-0.39, 0.29) is 6.23 Å². The van der Waals surface area contributed by atoms with Gasteiger partial charge in [-0.05, 0) is 64.0 Å². The molecule has 0 saturated carbocycles. The van der Waals surface area contributed by atoms with Crippen molar-refractivity contribution in [2.45, 2.75) is 33.9 Å². The lowest BCUT2D eigenvalue weighted by Gasteiger charge is -2.28. The molecule has 0 aliphatic rings. The van der Waals surface area contributed by atoms with Crippen molar-refractivity contribution in [1.82, 2.24) is 4.90 Å². The summed E-state index contributed by atoms with van der Waals surface area (Å²) in [6.45, 7) is 8.67. The molecule has 90 valence electrons. The minimum atomic E-state index is 0.0404. The van der Waals surface area contributed by atoms with Crippen LogP contribution in [0.2, 0.25) is 0 Å². The molecule has 1 atom stereocenters. The van der Waals surface area contributed by atoms with E-state index in [9.17, 15) is 0 Å². The molecule has 0 amide bonds. The number of benzene rings is 1. The minimum absolute atomic E-state index is 0.0404. The minimum Gasteiger partial charge on any atom is -0.362 e. The van der Waals surface area contributed by atoms with Gasteiger partial charge in [0.15, 0.2) is 0 Å². The maximum atomic E-state index is 5.60. The third-order valence-corrected chi connectivity index (χ3v) is 3.36. The van der Waals surface area contributed by atoms with Gasteiger partial charge in [0.1, 0.15) is 6.23 Å². The summed E-state index contributed by atoms with van der Waals surface area (Å²) in [5.41, 5.74) is 6.65. The van der Waals surface area contributed by atoms with Crippen LogP contribution in [0.1, 0.15) is 34.0 Å². The highest BCUT2D eigenvalue weighted by Gasteiger charge is 2.19. The Kier molecular flexibility index (Phi) is 4.11. The van der Waals surface area contributed by atoms with E-state index in [1.807, 2.05) is 14.1 Å². The van der Waals surface area contributed by atoms with Gasteiger partial charge in [0.2, 0.25) is 0 Å². The molecule has 0 bridgehead atoms. The Balaban J connectivity index is 3.41. The van der Waals surface area contributed by atoms with Crippen LogP contribution in [-0.2, 0) is 4.74 Å². The summed E-state index contributed by atoms with van der Waals surface area (Å²) in [6.07, 6.45) is 0.0404. The smallest absolute Gasteiger partial charge is 0.136 e. The van der Waals surface area contributed by atoms with Crippen molar-refractivity contribution < 1.29 is 4.74 Å². The van der Waals surface area contributed by atoms with Gasteiger partial charge in [-0.1, -0.05) is 6.07 Å². The predicted molar refractivity (Wildman–Crippen MR) is 68.8 cm³/mol. The van der Waals surface area contributed by atoms with E-state index in [0.717, 1.165) is 0 Å². The quantitative estimate of drug-likeness (QED) is 0.727. The molecule has 0 aliphatic carbocycles. The Labute approximate surface area is 99.2 Å². The van der Waals surface area contributed by atoms with Crippen LogP contribution in [-0.4, -0.2) is 26.1 Å². The lowest BCUT2D eigenvalue weighted by Crippen LogP contribution is -2.23. The van der Waals surface area contributed by atoms with E-state index in [0.29, 0.717) is 0 Å². The van der Waals surface area contributed by atoms with Crippen LogP contribution >= 0.6 is 0 Å². The van der Waals surface area contributed by atoms with Gasteiger partial charge in [0.05, 0.1) is 0 Å². The first kappa shape index (κ1) is 13.2. The molecular formula is C14H23NO. The maximum Gasteiger partial charge on any atom is 0.136 e.